The van der Waals surface area contributed by atoms with Crippen molar-refractivity contribution in [3.8, 4) is 0 Å². The minimum absolute atomic E-state index is 0.240. The fraction of sp³-hybridized carbons (Fsp3) is 0.143. The van der Waals surface area contributed by atoms with Gasteiger partial charge in [-0.2, -0.15) is 0 Å². The van der Waals surface area contributed by atoms with E-state index in [0.717, 1.165) is 0 Å². The Balaban J connectivity index is 2.43. The average molecular weight is 147 g/mol. The van der Waals surface area contributed by atoms with E-state index < -0.39 is 0 Å². The number of carbonyl (C=O) groups excluding carboxylic acids is 1. The lowest BCUT2D eigenvalue weighted by Gasteiger charge is -2.11. The highest BCUT2D eigenvalue weighted by Crippen LogP contribution is 2.15. The smallest absolute Gasteiger partial charge is 0.270 e. The van der Waals surface area contributed by atoms with Crippen molar-refractivity contribution in [1.29, 1.82) is 0 Å². The van der Waals surface area contributed by atoms with Crippen LogP contribution in [0.3, 0.4) is 0 Å². The van der Waals surface area contributed by atoms with Crippen LogP contribution in [0.15, 0.2) is 39.7 Å². The summed E-state index contributed by atoms with van der Waals surface area (Å²) in [6.45, 7) is 0. The predicted octanol–water partition coefficient (Wildman–Crippen LogP) is 1.08. The lowest BCUT2D eigenvalue weighted by atomic mass is 9.98. The minimum atomic E-state index is -0.294. The monoisotopic (exact) mass is 147 g/mol. The molecule has 1 amide bonds. The van der Waals surface area contributed by atoms with Gasteiger partial charge in [0.15, 0.2) is 0 Å². The molecule has 4 heteroatoms. The molecule has 2 rings (SSSR count). The van der Waals surface area contributed by atoms with E-state index in [1.807, 2.05) is 12.2 Å². The minimum Gasteiger partial charge on any atom is -0.270 e. The fourth-order valence-electron chi connectivity index (χ4n) is 1.02. The molecule has 4 nitrogen and oxygen atoms in total. The van der Waals surface area contributed by atoms with Crippen LogP contribution in [0.1, 0.15) is 0 Å². The predicted molar refractivity (Wildman–Crippen MR) is 39.1 cm³/mol. The molecule has 1 heterocycles. The number of hydrogen-bond acceptors (Lipinski definition) is 3. The van der Waals surface area contributed by atoms with Crippen LogP contribution in [0.2, 0.25) is 0 Å². The molecule has 1 atom stereocenters. The first-order valence-corrected chi connectivity index (χ1v) is 3.25. The van der Waals surface area contributed by atoms with Gasteiger partial charge in [0.2, 0.25) is 0 Å². The third kappa shape index (κ3) is 0.920. The molecule has 0 bridgehead atoms. The van der Waals surface area contributed by atoms with Gasteiger partial charge < -0.3 is 0 Å². The zero-order valence-corrected chi connectivity index (χ0v) is 5.64. The van der Waals surface area contributed by atoms with E-state index in [4.69, 9.17) is 0 Å². The molecule has 1 aliphatic heterocycles. The number of amides is 1. The highest BCUT2D eigenvalue weighted by Gasteiger charge is 2.23. The van der Waals surface area contributed by atoms with Crippen molar-refractivity contribution in [3.05, 3.63) is 24.3 Å². The zero-order chi connectivity index (χ0) is 7.68. The van der Waals surface area contributed by atoms with Gasteiger partial charge in [0.25, 0.3) is 5.91 Å². The number of carbonyl (C=O) groups is 1. The molecule has 0 aromatic rings. The molecular weight excluding hydrogens is 142 g/mol. The second-order valence-corrected chi connectivity index (χ2v) is 2.27. The van der Waals surface area contributed by atoms with Crippen LogP contribution in [0.25, 0.3) is 0 Å². The number of hydrogen-bond donors (Lipinski definition) is 0. The van der Waals surface area contributed by atoms with Gasteiger partial charge in [-0.15, -0.1) is 5.10 Å². The summed E-state index contributed by atoms with van der Waals surface area (Å²) < 4.78 is 0. The van der Waals surface area contributed by atoms with Crippen molar-refractivity contribution in [2.45, 2.75) is 0 Å². The normalized spacial score (nSPS) is 26.7. The molecule has 0 aromatic heterocycles. The molecule has 1 unspecified atom stereocenters. The Bertz CT molecular complexity index is 312. The second kappa shape index (κ2) is 2.23. The van der Waals surface area contributed by atoms with Crippen molar-refractivity contribution in [1.82, 2.24) is 0 Å². The molecular formula is C7H5N3O. The Hall–Kier alpha value is -1.58. The third-order valence-electron chi connectivity index (χ3n) is 1.57. The van der Waals surface area contributed by atoms with E-state index in [1.54, 1.807) is 12.2 Å². The summed E-state index contributed by atoms with van der Waals surface area (Å²) >= 11 is 0. The SMILES string of the molecule is O=C1N=NN=C2C=CC=CC12. The summed E-state index contributed by atoms with van der Waals surface area (Å²) in [6, 6.07) is 0. The number of allylic oxidation sites excluding steroid dienone is 3. The number of rotatable bonds is 0. The maximum Gasteiger partial charge on any atom is 0.279 e. The lowest BCUT2D eigenvalue weighted by molar-refractivity contribution is -0.119. The van der Waals surface area contributed by atoms with Crippen LogP contribution in [0.4, 0.5) is 0 Å². The van der Waals surface area contributed by atoms with Gasteiger partial charge in [-0.25, -0.2) is 0 Å². The first-order chi connectivity index (χ1) is 5.38. The topological polar surface area (TPSA) is 54.1 Å². The molecule has 0 N–H and O–H groups in total. The standard InChI is InChI=1S/C7H5N3O/c11-7-5-3-1-2-4-6(5)8-10-9-7/h1-5H. The van der Waals surface area contributed by atoms with Crippen LogP contribution >= 0.6 is 0 Å². The molecule has 0 saturated heterocycles. The molecule has 54 valence electrons. The highest BCUT2D eigenvalue weighted by atomic mass is 16.2. The molecule has 11 heavy (non-hydrogen) atoms. The summed E-state index contributed by atoms with van der Waals surface area (Å²) in [4.78, 5) is 11.0. The van der Waals surface area contributed by atoms with E-state index in [-0.39, 0.29) is 11.8 Å². The summed E-state index contributed by atoms with van der Waals surface area (Å²) in [5.74, 6) is -0.534. The zero-order valence-electron chi connectivity index (χ0n) is 5.64. The largest absolute Gasteiger partial charge is 0.279 e. The first-order valence-electron chi connectivity index (χ1n) is 3.25. The summed E-state index contributed by atoms with van der Waals surface area (Å²) in [7, 11) is 0. The van der Waals surface area contributed by atoms with Crippen LogP contribution in [0, 0.1) is 5.92 Å². The molecule has 2 aliphatic rings. The fourth-order valence-corrected chi connectivity index (χ4v) is 1.02. The van der Waals surface area contributed by atoms with Gasteiger partial charge in [0.05, 0.1) is 5.71 Å². The molecule has 0 aromatic carbocycles. The van der Waals surface area contributed by atoms with Gasteiger partial charge in [0, 0.05) is 0 Å². The van der Waals surface area contributed by atoms with Gasteiger partial charge in [-0.3, -0.25) is 4.79 Å². The Morgan fingerprint density at radius 3 is 3.09 bits per heavy atom. The molecule has 0 fully saturated rings. The van der Waals surface area contributed by atoms with Gasteiger partial charge >= 0.3 is 0 Å². The van der Waals surface area contributed by atoms with E-state index in [1.165, 1.54) is 0 Å². The number of fused-ring (bicyclic) bond motifs is 1. The Kier molecular flexibility index (Phi) is 1.25. The van der Waals surface area contributed by atoms with Gasteiger partial charge in [-0.05, 0) is 11.3 Å². The molecule has 0 radical (unpaired) electrons. The van der Waals surface area contributed by atoms with Crippen molar-refractivity contribution in [2.75, 3.05) is 0 Å². The molecule has 1 aliphatic carbocycles. The Morgan fingerprint density at radius 2 is 2.27 bits per heavy atom. The van der Waals surface area contributed by atoms with E-state index in [0.29, 0.717) is 5.71 Å². The van der Waals surface area contributed by atoms with Crippen molar-refractivity contribution >= 4 is 11.6 Å². The average Bonchev–Trinajstić information content (AvgIpc) is 2.06. The second-order valence-electron chi connectivity index (χ2n) is 2.27. The maximum absolute atomic E-state index is 11.0. The summed E-state index contributed by atoms with van der Waals surface area (Å²) in [5, 5.41) is 10.4. The Morgan fingerprint density at radius 1 is 1.36 bits per heavy atom. The lowest BCUT2D eigenvalue weighted by Crippen LogP contribution is -2.22. The van der Waals surface area contributed by atoms with Gasteiger partial charge in [0.1, 0.15) is 5.92 Å². The third-order valence-corrected chi connectivity index (χ3v) is 1.57. The molecule has 0 saturated carbocycles. The first kappa shape index (κ1) is 6.15. The van der Waals surface area contributed by atoms with Crippen LogP contribution in [0.5, 0.6) is 0 Å². The van der Waals surface area contributed by atoms with E-state index >= 15 is 0 Å². The number of nitrogens with zero attached hydrogens (tertiary/aromatic N) is 3. The van der Waals surface area contributed by atoms with Crippen molar-refractivity contribution in [3.63, 3.8) is 0 Å². The van der Waals surface area contributed by atoms with Crippen LogP contribution in [-0.2, 0) is 4.79 Å². The van der Waals surface area contributed by atoms with Crippen molar-refractivity contribution in [2.24, 2.45) is 21.4 Å². The van der Waals surface area contributed by atoms with E-state index in [2.05, 4.69) is 15.4 Å². The quantitative estimate of drug-likeness (QED) is 0.505. The summed E-state index contributed by atoms with van der Waals surface area (Å²) in [5.41, 5.74) is 0.674. The maximum atomic E-state index is 11.0. The van der Waals surface area contributed by atoms with Crippen LogP contribution < -0.4 is 0 Å². The van der Waals surface area contributed by atoms with Crippen molar-refractivity contribution < 1.29 is 4.79 Å². The highest BCUT2D eigenvalue weighted by molar-refractivity contribution is 6.13. The van der Waals surface area contributed by atoms with Gasteiger partial charge in [-0.1, -0.05) is 23.3 Å². The van der Waals surface area contributed by atoms with Crippen LogP contribution in [-0.4, -0.2) is 11.6 Å². The van der Waals surface area contributed by atoms with E-state index in [9.17, 15) is 4.79 Å². The summed E-state index contributed by atoms with van der Waals surface area (Å²) in [6.07, 6.45) is 7.16. The molecule has 0 spiro atoms. The Labute approximate surface area is 63.0 Å².